The first-order chi connectivity index (χ1) is 18.9. The van der Waals surface area contributed by atoms with E-state index in [2.05, 4.69) is 65.6 Å². The average Bonchev–Trinajstić information content (AvgIpc) is 2.96. The molecule has 200 valence electrons. The molecule has 0 radical (unpaired) electrons. The maximum absolute atomic E-state index is 11.8. The molecule has 5 rings (SSSR count). The number of aliphatic carboxylic acids is 1. The number of rotatable bonds is 9. The molecule has 1 fully saturated rings. The molecule has 0 spiro atoms. The summed E-state index contributed by atoms with van der Waals surface area (Å²) in [7, 11) is 0. The van der Waals surface area contributed by atoms with Crippen molar-refractivity contribution in [2.24, 2.45) is 17.6 Å². The fourth-order valence-corrected chi connectivity index (χ4v) is 6.20. The van der Waals surface area contributed by atoms with Gasteiger partial charge in [0.25, 0.3) is 0 Å². The molecule has 6 nitrogen and oxygen atoms in total. The van der Waals surface area contributed by atoms with Gasteiger partial charge in [-0.25, -0.2) is 0 Å². The molecule has 0 bridgehead atoms. The molecule has 1 aliphatic rings. The summed E-state index contributed by atoms with van der Waals surface area (Å²) < 4.78 is 0. The molecule has 0 aliphatic carbocycles. The molecule has 1 amide bonds. The fraction of sp³-hybridized carbons (Fsp3) is 0.273. The fourth-order valence-electron chi connectivity index (χ4n) is 6.20. The van der Waals surface area contributed by atoms with Crippen LogP contribution in [0.2, 0.25) is 0 Å². The number of carbonyl (C=O) groups excluding carboxylic acids is 1. The zero-order valence-corrected chi connectivity index (χ0v) is 21.9. The van der Waals surface area contributed by atoms with Gasteiger partial charge in [-0.2, -0.15) is 0 Å². The minimum atomic E-state index is -0.771. The zero-order chi connectivity index (χ0) is 27.4. The number of amides is 1. The smallest absolute Gasteiger partial charge is 0.306 e. The first-order valence-electron chi connectivity index (χ1n) is 13.4. The van der Waals surface area contributed by atoms with E-state index >= 15 is 0 Å². The molecule has 6 heteroatoms. The van der Waals surface area contributed by atoms with Gasteiger partial charge in [-0.3, -0.25) is 14.5 Å². The molecule has 0 aromatic heterocycles. The highest BCUT2D eigenvalue weighted by Crippen LogP contribution is 2.44. The summed E-state index contributed by atoms with van der Waals surface area (Å²) in [6, 6.07) is 29.1. The number of hydrogen-bond donors (Lipinski definition) is 3. The Morgan fingerprint density at radius 2 is 1.49 bits per heavy atom. The highest BCUT2D eigenvalue weighted by atomic mass is 16.4. The van der Waals surface area contributed by atoms with Gasteiger partial charge in [-0.15, -0.1) is 0 Å². The minimum absolute atomic E-state index is 0.205. The van der Waals surface area contributed by atoms with E-state index in [4.69, 9.17) is 5.73 Å². The molecular weight excluding hydrogens is 488 g/mol. The van der Waals surface area contributed by atoms with Crippen LogP contribution in [0.15, 0.2) is 97.1 Å². The van der Waals surface area contributed by atoms with E-state index in [1.165, 1.54) is 6.08 Å². The average molecular weight is 523 g/mol. The van der Waals surface area contributed by atoms with Gasteiger partial charge in [0.05, 0.1) is 18.1 Å². The molecule has 1 aliphatic heterocycles. The number of nitrogens with two attached hydrogens (primary N) is 1. The number of aliphatic hydroxyl groups is 1. The number of aliphatic hydroxyl groups excluding tert-OH is 1. The molecule has 1 saturated heterocycles. The summed E-state index contributed by atoms with van der Waals surface area (Å²) in [5, 5.41) is 25.0. The van der Waals surface area contributed by atoms with Crippen LogP contribution >= 0.6 is 0 Å². The quantitative estimate of drug-likeness (QED) is 0.272. The van der Waals surface area contributed by atoms with Crippen LogP contribution in [0.5, 0.6) is 0 Å². The lowest BCUT2D eigenvalue weighted by atomic mass is 9.70. The third-order valence-electron chi connectivity index (χ3n) is 8.25. The Bertz CT molecular complexity index is 1520. The minimum Gasteiger partial charge on any atom is -0.481 e. The largest absolute Gasteiger partial charge is 0.481 e. The van der Waals surface area contributed by atoms with Crippen molar-refractivity contribution in [1.29, 1.82) is 0 Å². The second-order valence-electron chi connectivity index (χ2n) is 10.5. The van der Waals surface area contributed by atoms with Crippen molar-refractivity contribution in [2.75, 3.05) is 19.7 Å². The highest BCUT2D eigenvalue weighted by Gasteiger charge is 2.46. The van der Waals surface area contributed by atoms with E-state index in [0.717, 1.165) is 32.7 Å². The van der Waals surface area contributed by atoms with Crippen LogP contribution in [0.25, 0.3) is 21.5 Å². The van der Waals surface area contributed by atoms with Gasteiger partial charge in [-0.1, -0.05) is 84.9 Å². The van der Waals surface area contributed by atoms with E-state index in [1.807, 2.05) is 24.3 Å². The van der Waals surface area contributed by atoms with E-state index in [0.29, 0.717) is 32.4 Å². The first kappa shape index (κ1) is 26.6. The van der Waals surface area contributed by atoms with Crippen molar-refractivity contribution in [3.05, 3.63) is 108 Å². The predicted octanol–water partition coefficient (Wildman–Crippen LogP) is 4.88. The zero-order valence-electron chi connectivity index (χ0n) is 21.9. The van der Waals surface area contributed by atoms with Crippen molar-refractivity contribution in [3.63, 3.8) is 0 Å². The van der Waals surface area contributed by atoms with Crippen LogP contribution in [0.3, 0.4) is 0 Å². The Kier molecular flexibility index (Phi) is 7.77. The van der Waals surface area contributed by atoms with Gasteiger partial charge in [0.15, 0.2) is 0 Å². The van der Waals surface area contributed by atoms with E-state index in [1.54, 1.807) is 6.08 Å². The van der Waals surface area contributed by atoms with Crippen LogP contribution in [-0.4, -0.2) is 46.7 Å². The number of carboxylic acids is 1. The molecular formula is C33H34N2O4. The lowest BCUT2D eigenvalue weighted by Crippen LogP contribution is -2.56. The number of carboxylic acid groups (broad SMARTS) is 1. The Morgan fingerprint density at radius 3 is 2.08 bits per heavy atom. The van der Waals surface area contributed by atoms with Gasteiger partial charge < -0.3 is 15.9 Å². The van der Waals surface area contributed by atoms with E-state index in [9.17, 15) is 19.8 Å². The number of primary amides is 1. The van der Waals surface area contributed by atoms with Crippen molar-refractivity contribution in [1.82, 2.24) is 4.90 Å². The first-order valence-corrected chi connectivity index (χ1v) is 13.4. The van der Waals surface area contributed by atoms with Gasteiger partial charge in [0.2, 0.25) is 5.91 Å². The predicted molar refractivity (Wildman–Crippen MR) is 154 cm³/mol. The summed E-state index contributed by atoms with van der Waals surface area (Å²) in [5.41, 5.74) is 6.86. The maximum atomic E-state index is 11.8. The number of fused-ring (bicyclic) bond motifs is 2. The monoisotopic (exact) mass is 522 g/mol. The highest BCUT2D eigenvalue weighted by molar-refractivity contribution is 5.86. The van der Waals surface area contributed by atoms with E-state index < -0.39 is 29.3 Å². The maximum Gasteiger partial charge on any atom is 0.306 e. The Labute approximate surface area is 228 Å². The number of carbonyl (C=O) groups is 2. The van der Waals surface area contributed by atoms with Gasteiger partial charge in [0.1, 0.15) is 0 Å². The Balaban J connectivity index is 1.71. The van der Waals surface area contributed by atoms with Crippen LogP contribution < -0.4 is 5.73 Å². The standard InChI is InChI=1S/C33H34N2O4/c34-31(37)14-13-30(22-36)33(35-17-15-26(16-18-35)32(38)39,29-12-11-25-6-2-4-8-28(25)20-29)21-23-9-10-24-5-1-3-7-27(24)19-23/h1-14,19-20,26,30,36H,15-18,21-22H2,(H2,34,37)(H,38,39)/b14-13+. The molecule has 4 N–H and O–H groups in total. The molecule has 2 unspecified atom stereocenters. The van der Waals surface area contributed by atoms with Crippen LogP contribution in [0.1, 0.15) is 24.0 Å². The molecule has 39 heavy (non-hydrogen) atoms. The Morgan fingerprint density at radius 1 is 0.897 bits per heavy atom. The summed E-state index contributed by atoms with van der Waals surface area (Å²) >= 11 is 0. The molecule has 1 heterocycles. The van der Waals surface area contributed by atoms with Gasteiger partial charge >= 0.3 is 5.97 Å². The molecule has 0 saturated carbocycles. The molecule has 4 aromatic carbocycles. The van der Waals surface area contributed by atoms with Crippen LogP contribution in [0, 0.1) is 11.8 Å². The van der Waals surface area contributed by atoms with Crippen LogP contribution in [-0.2, 0) is 21.5 Å². The summed E-state index contributed by atoms with van der Waals surface area (Å²) in [6.45, 7) is 0.902. The second-order valence-corrected chi connectivity index (χ2v) is 10.5. The topological polar surface area (TPSA) is 104 Å². The number of piperidine rings is 1. The van der Waals surface area contributed by atoms with Crippen molar-refractivity contribution < 1.29 is 19.8 Å². The SMILES string of the molecule is NC(=O)/C=C/C(CO)C(Cc1ccc2ccccc2c1)(c1ccc2ccccc2c1)N1CCC(C(=O)O)CC1. The molecule has 4 aromatic rings. The summed E-state index contributed by atoms with van der Waals surface area (Å²) in [4.78, 5) is 25.9. The van der Waals surface area contributed by atoms with Crippen molar-refractivity contribution in [2.45, 2.75) is 24.8 Å². The van der Waals surface area contributed by atoms with Gasteiger partial charge in [-0.05, 0) is 77.2 Å². The molecule has 2 atom stereocenters. The van der Waals surface area contributed by atoms with E-state index in [-0.39, 0.29) is 6.61 Å². The number of nitrogens with zero attached hydrogens (tertiary/aromatic N) is 1. The third-order valence-corrected chi connectivity index (χ3v) is 8.25. The van der Waals surface area contributed by atoms with Gasteiger partial charge in [0, 0.05) is 5.92 Å². The normalized spacial score (nSPS) is 17.4. The lowest BCUT2D eigenvalue weighted by molar-refractivity contribution is -0.144. The number of hydrogen-bond acceptors (Lipinski definition) is 4. The van der Waals surface area contributed by atoms with Crippen molar-refractivity contribution >= 4 is 33.4 Å². The second kappa shape index (κ2) is 11.4. The van der Waals surface area contributed by atoms with Crippen molar-refractivity contribution in [3.8, 4) is 0 Å². The number of benzene rings is 4. The number of likely N-dealkylation sites (tertiary alicyclic amines) is 1. The third kappa shape index (κ3) is 5.44. The Hall–Kier alpha value is -4.00. The summed E-state index contributed by atoms with van der Waals surface area (Å²) in [5.74, 6) is -2.21. The summed E-state index contributed by atoms with van der Waals surface area (Å²) in [6.07, 6.45) is 4.64. The van der Waals surface area contributed by atoms with Crippen LogP contribution in [0.4, 0.5) is 0 Å². The lowest BCUT2D eigenvalue weighted by Gasteiger charge is -2.51.